The Morgan fingerprint density at radius 3 is 2.20 bits per heavy atom. The number of hydrogen-bond donors (Lipinski definition) is 0. The van der Waals surface area contributed by atoms with Gasteiger partial charge in [-0.05, 0) is 41.5 Å². The van der Waals surface area contributed by atoms with Gasteiger partial charge >= 0.3 is 0 Å². The normalized spacial score (nSPS) is 14.3. The second-order valence-electron chi connectivity index (χ2n) is 5.21. The minimum Gasteiger partial charge on any atom is -0.376 e. The SMILES string of the molecule is C=C(C)COC(C)(C)CC(C)OC(C)C. The highest BCUT2D eigenvalue weighted by Gasteiger charge is 2.22. The minimum absolute atomic E-state index is 0.146. The molecule has 0 saturated heterocycles. The van der Waals surface area contributed by atoms with E-state index in [0.29, 0.717) is 6.61 Å². The van der Waals surface area contributed by atoms with E-state index in [1.807, 2.05) is 6.92 Å². The first kappa shape index (κ1) is 14.7. The van der Waals surface area contributed by atoms with E-state index >= 15 is 0 Å². The Labute approximate surface area is 94.7 Å². The van der Waals surface area contributed by atoms with E-state index in [0.717, 1.165) is 12.0 Å². The first-order valence-electron chi connectivity index (χ1n) is 5.67. The molecule has 2 heteroatoms. The van der Waals surface area contributed by atoms with Crippen LogP contribution >= 0.6 is 0 Å². The van der Waals surface area contributed by atoms with Gasteiger partial charge in [-0.25, -0.2) is 0 Å². The van der Waals surface area contributed by atoms with Crippen LogP contribution in [0, 0.1) is 0 Å². The molecule has 0 aromatic heterocycles. The van der Waals surface area contributed by atoms with Gasteiger partial charge in [-0.1, -0.05) is 12.2 Å². The molecule has 1 unspecified atom stereocenters. The molecule has 0 aliphatic carbocycles. The molecular weight excluding hydrogens is 188 g/mol. The lowest BCUT2D eigenvalue weighted by molar-refractivity contribution is -0.0664. The molecule has 0 fully saturated rings. The summed E-state index contributed by atoms with van der Waals surface area (Å²) in [6, 6.07) is 0. The molecular formula is C13H26O2. The fourth-order valence-corrected chi connectivity index (χ4v) is 1.58. The van der Waals surface area contributed by atoms with Crippen LogP contribution in [0.4, 0.5) is 0 Å². The topological polar surface area (TPSA) is 18.5 Å². The predicted octanol–water partition coefficient (Wildman–Crippen LogP) is 3.56. The van der Waals surface area contributed by atoms with Gasteiger partial charge in [0.25, 0.3) is 0 Å². The Hall–Kier alpha value is -0.340. The van der Waals surface area contributed by atoms with Gasteiger partial charge in [-0.2, -0.15) is 0 Å². The van der Waals surface area contributed by atoms with E-state index < -0.39 is 0 Å². The summed E-state index contributed by atoms with van der Waals surface area (Å²) in [6.45, 7) is 16.8. The summed E-state index contributed by atoms with van der Waals surface area (Å²) in [4.78, 5) is 0. The smallest absolute Gasteiger partial charge is 0.0678 e. The summed E-state index contributed by atoms with van der Waals surface area (Å²) in [5.41, 5.74) is 0.910. The summed E-state index contributed by atoms with van der Waals surface area (Å²) < 4.78 is 11.5. The van der Waals surface area contributed by atoms with E-state index in [4.69, 9.17) is 9.47 Å². The van der Waals surface area contributed by atoms with Crippen molar-refractivity contribution >= 4 is 0 Å². The predicted molar refractivity (Wildman–Crippen MR) is 65.1 cm³/mol. The maximum absolute atomic E-state index is 5.76. The fraction of sp³-hybridized carbons (Fsp3) is 0.846. The molecule has 90 valence electrons. The van der Waals surface area contributed by atoms with Crippen molar-refractivity contribution in [3.8, 4) is 0 Å². The molecule has 0 spiro atoms. The average molecular weight is 214 g/mol. The second kappa shape index (κ2) is 6.29. The minimum atomic E-state index is -0.146. The fourth-order valence-electron chi connectivity index (χ4n) is 1.58. The Morgan fingerprint density at radius 1 is 1.27 bits per heavy atom. The Balaban J connectivity index is 3.95. The van der Waals surface area contributed by atoms with Crippen molar-refractivity contribution in [1.29, 1.82) is 0 Å². The summed E-state index contributed by atoms with van der Waals surface area (Å²) in [6.07, 6.45) is 1.40. The summed E-state index contributed by atoms with van der Waals surface area (Å²) in [7, 11) is 0. The summed E-state index contributed by atoms with van der Waals surface area (Å²) in [5, 5.41) is 0. The van der Waals surface area contributed by atoms with Crippen molar-refractivity contribution < 1.29 is 9.47 Å². The van der Waals surface area contributed by atoms with Gasteiger partial charge in [0.1, 0.15) is 0 Å². The highest BCUT2D eigenvalue weighted by molar-refractivity contribution is 4.89. The van der Waals surface area contributed by atoms with E-state index in [-0.39, 0.29) is 17.8 Å². The molecule has 15 heavy (non-hydrogen) atoms. The van der Waals surface area contributed by atoms with E-state index in [9.17, 15) is 0 Å². The zero-order valence-electron chi connectivity index (χ0n) is 11.1. The molecule has 0 aliphatic rings. The molecule has 0 amide bonds. The van der Waals surface area contributed by atoms with Crippen LogP contribution in [-0.2, 0) is 9.47 Å². The van der Waals surface area contributed by atoms with Crippen LogP contribution in [0.15, 0.2) is 12.2 Å². The molecule has 0 N–H and O–H groups in total. The standard InChI is InChI=1S/C13H26O2/c1-10(2)9-14-13(6,7)8-12(5)15-11(3)4/h11-12H,1,8-9H2,2-7H3. The van der Waals surface area contributed by atoms with Crippen molar-refractivity contribution in [1.82, 2.24) is 0 Å². The van der Waals surface area contributed by atoms with Gasteiger partial charge in [0.2, 0.25) is 0 Å². The van der Waals surface area contributed by atoms with Gasteiger partial charge in [0.15, 0.2) is 0 Å². The van der Waals surface area contributed by atoms with Crippen molar-refractivity contribution in [2.75, 3.05) is 6.61 Å². The molecule has 0 radical (unpaired) electrons. The van der Waals surface area contributed by atoms with Gasteiger partial charge in [-0.3, -0.25) is 0 Å². The zero-order valence-corrected chi connectivity index (χ0v) is 11.1. The molecule has 0 bridgehead atoms. The second-order valence-corrected chi connectivity index (χ2v) is 5.21. The van der Waals surface area contributed by atoms with E-state index in [2.05, 4.69) is 41.2 Å². The van der Waals surface area contributed by atoms with Crippen molar-refractivity contribution in [2.24, 2.45) is 0 Å². The average Bonchev–Trinajstić information content (AvgIpc) is 1.98. The molecule has 0 aromatic rings. The first-order valence-corrected chi connectivity index (χ1v) is 5.67. The van der Waals surface area contributed by atoms with Crippen molar-refractivity contribution in [3.05, 3.63) is 12.2 Å². The van der Waals surface area contributed by atoms with Crippen LogP contribution in [0.1, 0.15) is 48.0 Å². The molecule has 0 aromatic carbocycles. The van der Waals surface area contributed by atoms with Crippen molar-refractivity contribution in [2.45, 2.75) is 65.8 Å². The molecule has 0 heterocycles. The van der Waals surface area contributed by atoms with Crippen LogP contribution in [0.25, 0.3) is 0 Å². The molecule has 1 atom stereocenters. The van der Waals surface area contributed by atoms with Crippen LogP contribution in [-0.4, -0.2) is 24.4 Å². The van der Waals surface area contributed by atoms with Gasteiger partial charge in [0, 0.05) is 6.42 Å². The van der Waals surface area contributed by atoms with Crippen molar-refractivity contribution in [3.63, 3.8) is 0 Å². The van der Waals surface area contributed by atoms with Gasteiger partial charge < -0.3 is 9.47 Å². The van der Waals surface area contributed by atoms with Crippen LogP contribution < -0.4 is 0 Å². The monoisotopic (exact) mass is 214 g/mol. The molecule has 2 nitrogen and oxygen atoms in total. The summed E-state index contributed by atoms with van der Waals surface area (Å²) in [5.74, 6) is 0. The largest absolute Gasteiger partial charge is 0.376 e. The molecule has 0 saturated carbocycles. The molecule has 0 rings (SSSR count). The maximum atomic E-state index is 5.76. The summed E-state index contributed by atoms with van der Waals surface area (Å²) >= 11 is 0. The van der Waals surface area contributed by atoms with E-state index in [1.54, 1.807) is 0 Å². The Bertz CT molecular complexity index is 195. The Kier molecular flexibility index (Phi) is 6.15. The third-order valence-electron chi connectivity index (χ3n) is 1.99. The maximum Gasteiger partial charge on any atom is 0.0678 e. The first-order chi connectivity index (χ1) is 6.73. The van der Waals surface area contributed by atoms with Gasteiger partial charge in [0.05, 0.1) is 24.4 Å². The molecule has 0 aliphatic heterocycles. The lowest BCUT2D eigenvalue weighted by Crippen LogP contribution is -2.31. The van der Waals surface area contributed by atoms with E-state index in [1.165, 1.54) is 0 Å². The Morgan fingerprint density at radius 2 is 1.80 bits per heavy atom. The number of ether oxygens (including phenoxy) is 2. The highest BCUT2D eigenvalue weighted by atomic mass is 16.5. The van der Waals surface area contributed by atoms with Crippen LogP contribution in [0.3, 0.4) is 0 Å². The van der Waals surface area contributed by atoms with Crippen LogP contribution in [0.2, 0.25) is 0 Å². The lowest BCUT2D eigenvalue weighted by Gasteiger charge is -2.29. The quantitative estimate of drug-likeness (QED) is 0.603. The number of hydrogen-bond acceptors (Lipinski definition) is 2. The zero-order chi connectivity index (χ0) is 12.1. The van der Waals surface area contributed by atoms with Crippen LogP contribution in [0.5, 0.6) is 0 Å². The van der Waals surface area contributed by atoms with Gasteiger partial charge in [-0.15, -0.1) is 0 Å². The lowest BCUT2D eigenvalue weighted by atomic mass is 10.0. The highest BCUT2D eigenvalue weighted by Crippen LogP contribution is 2.19. The number of rotatable bonds is 7. The third kappa shape index (κ3) is 8.64. The third-order valence-corrected chi connectivity index (χ3v) is 1.99.